The van der Waals surface area contributed by atoms with E-state index in [0.29, 0.717) is 5.92 Å². The number of fused-ring (bicyclic) bond motifs is 1. The van der Waals surface area contributed by atoms with E-state index in [1.807, 2.05) is 44.2 Å². The highest BCUT2D eigenvalue weighted by atomic mass is 32.2. The van der Waals surface area contributed by atoms with E-state index >= 15 is 0 Å². The molecule has 0 aliphatic heterocycles. The Morgan fingerprint density at radius 2 is 1.88 bits per heavy atom. The number of thiazole rings is 1. The van der Waals surface area contributed by atoms with Crippen LogP contribution in [0.4, 0.5) is 5.69 Å². The highest BCUT2D eigenvalue weighted by molar-refractivity contribution is 8.02. The number of nitrogens with one attached hydrogen (secondary N) is 1. The molecule has 0 saturated carbocycles. The van der Waals surface area contributed by atoms with E-state index in [4.69, 9.17) is 0 Å². The first-order chi connectivity index (χ1) is 12.0. The third kappa shape index (κ3) is 4.05. The molecule has 5 heteroatoms. The van der Waals surface area contributed by atoms with Crippen molar-refractivity contribution in [1.29, 1.82) is 0 Å². The van der Waals surface area contributed by atoms with Gasteiger partial charge >= 0.3 is 0 Å². The minimum absolute atomic E-state index is 0.0143. The standard InChI is InChI=1S/C20H22N2OS2/c1-12(2)15-9-7-8-13(3)18(15)22-19(23)14(4)24-20-21-16-10-5-6-11-17(16)25-20/h5-12,14H,1-4H3,(H,22,23)/t14-/m1/s1. The predicted molar refractivity (Wildman–Crippen MR) is 109 cm³/mol. The highest BCUT2D eigenvalue weighted by Crippen LogP contribution is 2.33. The van der Waals surface area contributed by atoms with Crippen molar-refractivity contribution in [2.75, 3.05) is 5.32 Å². The van der Waals surface area contributed by atoms with Gasteiger partial charge in [0.25, 0.3) is 0 Å². The molecule has 3 rings (SSSR count). The number of hydrogen-bond donors (Lipinski definition) is 1. The third-order valence-corrected chi connectivity index (χ3v) is 6.33. The van der Waals surface area contributed by atoms with Crippen LogP contribution in [0, 0.1) is 6.92 Å². The van der Waals surface area contributed by atoms with E-state index in [1.165, 1.54) is 17.3 Å². The highest BCUT2D eigenvalue weighted by Gasteiger charge is 2.19. The molecule has 130 valence electrons. The summed E-state index contributed by atoms with van der Waals surface area (Å²) in [6.45, 7) is 8.25. The second-order valence-electron chi connectivity index (χ2n) is 6.39. The first kappa shape index (κ1) is 18.0. The van der Waals surface area contributed by atoms with Crippen LogP contribution in [0.1, 0.15) is 37.8 Å². The fourth-order valence-electron chi connectivity index (χ4n) is 2.67. The number of aromatic nitrogens is 1. The molecule has 0 radical (unpaired) electrons. The van der Waals surface area contributed by atoms with Crippen molar-refractivity contribution < 1.29 is 4.79 Å². The van der Waals surface area contributed by atoms with Gasteiger partial charge in [0.1, 0.15) is 0 Å². The molecule has 1 amide bonds. The number of rotatable bonds is 5. The molecule has 0 fully saturated rings. The number of nitrogens with zero attached hydrogens (tertiary/aromatic N) is 1. The maximum absolute atomic E-state index is 12.7. The molecule has 0 spiro atoms. The normalized spacial score (nSPS) is 12.5. The zero-order chi connectivity index (χ0) is 18.0. The fourth-order valence-corrected chi connectivity index (χ4v) is 4.88. The van der Waals surface area contributed by atoms with E-state index in [0.717, 1.165) is 25.8 Å². The molecule has 1 heterocycles. The fraction of sp³-hybridized carbons (Fsp3) is 0.300. The lowest BCUT2D eigenvalue weighted by atomic mass is 9.98. The van der Waals surface area contributed by atoms with Crippen LogP contribution in [-0.2, 0) is 4.79 Å². The van der Waals surface area contributed by atoms with Gasteiger partial charge in [0.2, 0.25) is 5.91 Å². The second-order valence-corrected chi connectivity index (χ2v) is 9.01. The number of para-hydroxylation sites is 2. The van der Waals surface area contributed by atoms with Crippen LogP contribution in [-0.4, -0.2) is 16.1 Å². The average Bonchev–Trinajstić information content (AvgIpc) is 2.98. The SMILES string of the molecule is Cc1cccc(C(C)C)c1NC(=O)[C@@H](C)Sc1nc2ccccc2s1. The van der Waals surface area contributed by atoms with Gasteiger partial charge in [-0.05, 0) is 43.0 Å². The second kappa shape index (κ2) is 7.58. The molecule has 0 unspecified atom stereocenters. The molecule has 0 saturated heterocycles. The van der Waals surface area contributed by atoms with Gasteiger partial charge < -0.3 is 5.32 Å². The van der Waals surface area contributed by atoms with Gasteiger partial charge in [-0.25, -0.2) is 4.98 Å². The summed E-state index contributed by atoms with van der Waals surface area (Å²) in [7, 11) is 0. The van der Waals surface area contributed by atoms with Crippen molar-refractivity contribution in [1.82, 2.24) is 4.98 Å². The number of carbonyl (C=O) groups is 1. The first-order valence-electron chi connectivity index (χ1n) is 8.38. The van der Waals surface area contributed by atoms with Gasteiger partial charge in [-0.15, -0.1) is 11.3 Å². The summed E-state index contributed by atoms with van der Waals surface area (Å²) in [5.74, 6) is 0.378. The topological polar surface area (TPSA) is 42.0 Å². The monoisotopic (exact) mass is 370 g/mol. The molecule has 25 heavy (non-hydrogen) atoms. The van der Waals surface area contributed by atoms with Gasteiger partial charge in [0, 0.05) is 5.69 Å². The van der Waals surface area contributed by atoms with E-state index < -0.39 is 0 Å². The van der Waals surface area contributed by atoms with Crippen LogP contribution in [0.3, 0.4) is 0 Å². The van der Waals surface area contributed by atoms with Gasteiger partial charge in [0.05, 0.1) is 15.5 Å². The Balaban J connectivity index is 1.75. The van der Waals surface area contributed by atoms with Gasteiger partial charge in [-0.2, -0.15) is 0 Å². The van der Waals surface area contributed by atoms with Crippen LogP contribution < -0.4 is 5.32 Å². The smallest absolute Gasteiger partial charge is 0.237 e. The van der Waals surface area contributed by atoms with Crippen LogP contribution >= 0.6 is 23.1 Å². The van der Waals surface area contributed by atoms with Crippen molar-refractivity contribution >= 4 is 44.9 Å². The summed E-state index contributed by atoms with van der Waals surface area (Å²) >= 11 is 3.14. The van der Waals surface area contributed by atoms with Crippen LogP contribution in [0.25, 0.3) is 10.2 Å². The van der Waals surface area contributed by atoms with Crippen LogP contribution in [0.2, 0.25) is 0 Å². The molecule has 0 aliphatic rings. The zero-order valence-corrected chi connectivity index (χ0v) is 16.5. The minimum atomic E-state index is -0.208. The number of benzene rings is 2. The average molecular weight is 371 g/mol. The van der Waals surface area contributed by atoms with Crippen molar-refractivity contribution in [3.8, 4) is 0 Å². The zero-order valence-electron chi connectivity index (χ0n) is 14.9. The number of amides is 1. The largest absolute Gasteiger partial charge is 0.325 e. The Labute approximate surface area is 156 Å². The number of anilines is 1. The van der Waals surface area contributed by atoms with E-state index in [9.17, 15) is 4.79 Å². The predicted octanol–water partition coefficient (Wildman–Crippen LogP) is 5.85. The lowest BCUT2D eigenvalue weighted by Crippen LogP contribution is -2.23. The number of aryl methyl sites for hydroxylation is 1. The first-order valence-corrected chi connectivity index (χ1v) is 10.1. The summed E-state index contributed by atoms with van der Waals surface area (Å²) < 4.78 is 2.08. The number of hydrogen-bond acceptors (Lipinski definition) is 4. The molecule has 1 aromatic heterocycles. The Morgan fingerprint density at radius 1 is 1.12 bits per heavy atom. The van der Waals surface area contributed by atoms with E-state index in [-0.39, 0.29) is 11.2 Å². The molecule has 2 aromatic carbocycles. The number of thioether (sulfide) groups is 1. The Kier molecular flexibility index (Phi) is 5.45. The van der Waals surface area contributed by atoms with E-state index in [2.05, 4.69) is 36.3 Å². The minimum Gasteiger partial charge on any atom is -0.325 e. The third-order valence-electron chi connectivity index (χ3n) is 4.10. The van der Waals surface area contributed by atoms with Gasteiger partial charge in [-0.3, -0.25) is 4.79 Å². The molecule has 0 aliphatic carbocycles. The molecule has 1 N–H and O–H groups in total. The van der Waals surface area contributed by atoms with Crippen molar-refractivity contribution in [2.24, 2.45) is 0 Å². The summed E-state index contributed by atoms with van der Waals surface area (Å²) in [5.41, 5.74) is 4.20. The maximum atomic E-state index is 12.7. The molecular formula is C20H22N2OS2. The van der Waals surface area contributed by atoms with Gasteiger partial charge in [0.15, 0.2) is 4.34 Å². The molecule has 0 bridgehead atoms. The van der Waals surface area contributed by atoms with Gasteiger partial charge in [-0.1, -0.05) is 55.9 Å². The molecule has 1 atom stereocenters. The summed E-state index contributed by atoms with van der Waals surface area (Å²) in [5, 5.41) is 2.92. The van der Waals surface area contributed by atoms with Crippen LogP contribution in [0.5, 0.6) is 0 Å². The summed E-state index contributed by atoms with van der Waals surface area (Å²) in [6.07, 6.45) is 0. The lowest BCUT2D eigenvalue weighted by molar-refractivity contribution is -0.115. The molecule has 3 nitrogen and oxygen atoms in total. The van der Waals surface area contributed by atoms with Crippen molar-refractivity contribution in [3.05, 3.63) is 53.6 Å². The Morgan fingerprint density at radius 3 is 2.60 bits per heavy atom. The van der Waals surface area contributed by atoms with Crippen molar-refractivity contribution in [3.63, 3.8) is 0 Å². The maximum Gasteiger partial charge on any atom is 0.237 e. The summed E-state index contributed by atoms with van der Waals surface area (Å²) in [4.78, 5) is 17.3. The Bertz CT molecular complexity index is 869. The quantitative estimate of drug-likeness (QED) is 0.573. The van der Waals surface area contributed by atoms with Crippen molar-refractivity contribution in [2.45, 2.75) is 43.2 Å². The van der Waals surface area contributed by atoms with E-state index in [1.54, 1.807) is 11.3 Å². The molecular weight excluding hydrogens is 348 g/mol. The summed E-state index contributed by atoms with van der Waals surface area (Å²) in [6, 6.07) is 14.2. The van der Waals surface area contributed by atoms with Crippen LogP contribution in [0.15, 0.2) is 46.8 Å². The molecule has 3 aromatic rings. The Hall–Kier alpha value is -1.85. The lowest BCUT2D eigenvalue weighted by Gasteiger charge is -2.18. The number of carbonyl (C=O) groups excluding carboxylic acids is 1.